The molecule has 6 nitrogen and oxygen atoms in total. The lowest BCUT2D eigenvalue weighted by molar-refractivity contribution is 0.0936. The van der Waals surface area contributed by atoms with E-state index in [-0.39, 0.29) is 5.91 Å². The van der Waals surface area contributed by atoms with Crippen LogP contribution in [0.1, 0.15) is 41.4 Å². The van der Waals surface area contributed by atoms with Crippen LogP contribution >= 0.6 is 0 Å². The maximum Gasteiger partial charge on any atom is 0.271 e. The van der Waals surface area contributed by atoms with Crippen molar-refractivity contribution in [1.82, 2.24) is 20.4 Å². The number of carbonyl (C=O) groups is 1. The van der Waals surface area contributed by atoms with Crippen LogP contribution in [0.4, 0.5) is 0 Å². The molecule has 2 aromatic rings. The molecule has 0 aliphatic carbocycles. The van der Waals surface area contributed by atoms with Crippen LogP contribution in [0.25, 0.3) is 0 Å². The Morgan fingerprint density at radius 2 is 2.15 bits per heavy atom. The fourth-order valence-corrected chi connectivity index (χ4v) is 3.13. The topological polar surface area (TPSA) is 68.2 Å². The third kappa shape index (κ3) is 5.68. The van der Waals surface area contributed by atoms with Gasteiger partial charge in [0.05, 0.1) is 12.6 Å². The van der Waals surface area contributed by atoms with Crippen molar-refractivity contribution in [1.29, 1.82) is 0 Å². The molecule has 1 amide bonds. The first-order chi connectivity index (χ1) is 12.8. The van der Waals surface area contributed by atoms with Crippen LogP contribution in [0.15, 0.2) is 42.6 Å². The molecule has 3 rings (SSSR count). The highest BCUT2D eigenvalue weighted by Gasteiger charge is 2.17. The molecule has 1 fully saturated rings. The van der Waals surface area contributed by atoms with Gasteiger partial charge in [0, 0.05) is 25.9 Å². The van der Waals surface area contributed by atoms with Crippen LogP contribution in [-0.4, -0.2) is 48.5 Å². The maximum atomic E-state index is 12.2. The van der Waals surface area contributed by atoms with Gasteiger partial charge in [-0.2, -0.15) is 5.10 Å². The molecular formula is C20H28N4O2. The van der Waals surface area contributed by atoms with E-state index in [0.717, 1.165) is 38.8 Å². The fraction of sp³-hybridized carbons (Fsp3) is 0.500. The van der Waals surface area contributed by atoms with E-state index in [9.17, 15) is 4.79 Å². The minimum absolute atomic E-state index is 0.114. The van der Waals surface area contributed by atoms with E-state index in [4.69, 9.17) is 4.74 Å². The van der Waals surface area contributed by atoms with Gasteiger partial charge in [0.15, 0.2) is 0 Å². The van der Waals surface area contributed by atoms with E-state index in [2.05, 4.69) is 27.9 Å². The Hall–Kier alpha value is -2.18. The first kappa shape index (κ1) is 18.6. The molecule has 2 heterocycles. The predicted molar refractivity (Wildman–Crippen MR) is 101 cm³/mol. The number of nitrogens with zero attached hydrogens (tertiary/aromatic N) is 2. The number of piperidine rings is 1. The van der Waals surface area contributed by atoms with Gasteiger partial charge >= 0.3 is 0 Å². The van der Waals surface area contributed by atoms with Gasteiger partial charge in [-0.15, -0.1) is 0 Å². The minimum atomic E-state index is -0.114. The first-order valence-electron chi connectivity index (χ1n) is 9.48. The van der Waals surface area contributed by atoms with Gasteiger partial charge in [-0.3, -0.25) is 9.48 Å². The second kappa shape index (κ2) is 10.1. The number of nitrogens with one attached hydrogen (secondary N) is 2. The van der Waals surface area contributed by atoms with Crippen molar-refractivity contribution in [2.24, 2.45) is 0 Å². The number of hydrogen-bond donors (Lipinski definition) is 2. The van der Waals surface area contributed by atoms with E-state index in [0.29, 0.717) is 31.5 Å². The summed E-state index contributed by atoms with van der Waals surface area (Å²) in [5, 5.41) is 10.7. The van der Waals surface area contributed by atoms with Crippen molar-refractivity contribution in [3.8, 4) is 0 Å². The van der Waals surface area contributed by atoms with Crippen LogP contribution < -0.4 is 10.6 Å². The summed E-state index contributed by atoms with van der Waals surface area (Å²) in [4.78, 5) is 12.2. The number of rotatable bonds is 9. The lowest BCUT2D eigenvalue weighted by Gasteiger charge is -2.22. The zero-order valence-corrected chi connectivity index (χ0v) is 15.2. The second-order valence-electron chi connectivity index (χ2n) is 6.64. The number of hydrogen-bond acceptors (Lipinski definition) is 4. The van der Waals surface area contributed by atoms with Crippen LogP contribution in [0.5, 0.6) is 0 Å². The van der Waals surface area contributed by atoms with Crippen molar-refractivity contribution in [3.63, 3.8) is 0 Å². The molecule has 1 atom stereocenters. The summed E-state index contributed by atoms with van der Waals surface area (Å²) in [7, 11) is 0. The molecule has 0 spiro atoms. The third-order valence-electron chi connectivity index (χ3n) is 4.61. The number of benzene rings is 1. The Morgan fingerprint density at radius 3 is 2.96 bits per heavy atom. The predicted octanol–water partition coefficient (Wildman–Crippen LogP) is 2.19. The van der Waals surface area contributed by atoms with Crippen LogP contribution in [-0.2, 0) is 11.2 Å². The average Bonchev–Trinajstić information content (AvgIpc) is 3.19. The van der Waals surface area contributed by atoms with Gasteiger partial charge in [-0.25, -0.2) is 0 Å². The van der Waals surface area contributed by atoms with Gasteiger partial charge in [0.1, 0.15) is 5.69 Å². The summed E-state index contributed by atoms with van der Waals surface area (Å²) in [5.41, 5.74) is 1.77. The van der Waals surface area contributed by atoms with E-state index >= 15 is 0 Å². The molecule has 0 saturated carbocycles. The smallest absolute Gasteiger partial charge is 0.271 e. The molecule has 6 heteroatoms. The van der Waals surface area contributed by atoms with E-state index in [1.807, 2.05) is 29.1 Å². The highest BCUT2D eigenvalue weighted by atomic mass is 16.5. The highest BCUT2D eigenvalue weighted by molar-refractivity contribution is 5.92. The van der Waals surface area contributed by atoms with Crippen molar-refractivity contribution in [2.75, 3.05) is 32.8 Å². The summed E-state index contributed by atoms with van der Waals surface area (Å²) >= 11 is 0. The molecule has 1 aromatic heterocycles. The first-order valence-corrected chi connectivity index (χ1v) is 9.48. The van der Waals surface area contributed by atoms with Gasteiger partial charge in [0.25, 0.3) is 5.91 Å². The van der Waals surface area contributed by atoms with Gasteiger partial charge in [-0.1, -0.05) is 30.3 Å². The number of ether oxygens (including phenoxy) is 1. The quantitative estimate of drug-likeness (QED) is 0.676. The molecule has 1 aromatic carbocycles. The molecule has 140 valence electrons. The number of aromatic nitrogens is 2. The maximum absolute atomic E-state index is 12.2. The summed E-state index contributed by atoms with van der Waals surface area (Å²) in [5.74, 6) is -0.114. The van der Waals surface area contributed by atoms with Crippen LogP contribution in [0.2, 0.25) is 0 Å². The summed E-state index contributed by atoms with van der Waals surface area (Å²) in [6.45, 7) is 3.94. The molecule has 0 bridgehead atoms. The molecule has 2 N–H and O–H groups in total. The van der Waals surface area contributed by atoms with E-state index < -0.39 is 0 Å². The van der Waals surface area contributed by atoms with E-state index in [1.54, 1.807) is 6.07 Å². The van der Waals surface area contributed by atoms with Gasteiger partial charge in [-0.05, 0) is 43.9 Å². The normalized spacial score (nSPS) is 17.2. The van der Waals surface area contributed by atoms with Crippen LogP contribution in [0.3, 0.4) is 0 Å². The minimum Gasteiger partial charge on any atom is -0.381 e. The monoisotopic (exact) mass is 356 g/mol. The zero-order valence-electron chi connectivity index (χ0n) is 15.2. The Labute approximate surface area is 154 Å². The van der Waals surface area contributed by atoms with Crippen molar-refractivity contribution in [2.45, 2.75) is 31.7 Å². The number of amides is 1. The summed E-state index contributed by atoms with van der Waals surface area (Å²) in [6, 6.07) is 12.4. The molecule has 1 aliphatic heterocycles. The Balaban J connectivity index is 1.29. The second-order valence-corrected chi connectivity index (χ2v) is 6.64. The molecule has 1 saturated heterocycles. The van der Waals surface area contributed by atoms with Crippen LogP contribution in [0, 0.1) is 0 Å². The van der Waals surface area contributed by atoms with Crippen molar-refractivity contribution >= 4 is 5.91 Å². The lowest BCUT2D eigenvalue weighted by Crippen LogP contribution is -2.32. The van der Waals surface area contributed by atoms with Crippen molar-refractivity contribution < 1.29 is 9.53 Å². The van der Waals surface area contributed by atoms with Gasteiger partial charge in [0.2, 0.25) is 0 Å². The standard InChI is InChI=1S/C20H28N4O2/c25-20(19-9-13-24(23-19)18-8-4-11-21-16-18)22-12-5-14-26-15-10-17-6-2-1-3-7-17/h1-3,6-7,9,13,18,21H,4-5,8,10-12,14-16H2,(H,22,25). The summed E-state index contributed by atoms with van der Waals surface area (Å²) in [6.07, 6.45) is 5.88. The largest absolute Gasteiger partial charge is 0.381 e. The van der Waals surface area contributed by atoms with Gasteiger partial charge < -0.3 is 15.4 Å². The van der Waals surface area contributed by atoms with Crippen molar-refractivity contribution in [3.05, 3.63) is 53.9 Å². The molecule has 1 unspecified atom stereocenters. The third-order valence-corrected chi connectivity index (χ3v) is 4.61. The number of carbonyl (C=O) groups excluding carboxylic acids is 1. The molecule has 26 heavy (non-hydrogen) atoms. The summed E-state index contributed by atoms with van der Waals surface area (Å²) < 4.78 is 7.54. The SMILES string of the molecule is O=C(NCCCOCCc1ccccc1)c1ccn(C2CCCNC2)n1. The Kier molecular flexibility index (Phi) is 7.22. The Morgan fingerprint density at radius 1 is 1.27 bits per heavy atom. The molecular weight excluding hydrogens is 328 g/mol. The fourth-order valence-electron chi connectivity index (χ4n) is 3.13. The van der Waals surface area contributed by atoms with E-state index in [1.165, 1.54) is 5.56 Å². The molecule has 1 aliphatic rings. The lowest BCUT2D eigenvalue weighted by atomic mass is 10.1. The average molecular weight is 356 g/mol. The highest BCUT2D eigenvalue weighted by Crippen LogP contribution is 2.15. The zero-order chi connectivity index (χ0) is 18.0. The molecule has 0 radical (unpaired) electrons. The Bertz CT molecular complexity index is 665.